The Labute approximate surface area is 328 Å². The summed E-state index contributed by atoms with van der Waals surface area (Å²) < 4.78 is 5.17. The summed E-state index contributed by atoms with van der Waals surface area (Å²) in [7, 11) is 1.36. The Morgan fingerprint density at radius 3 is 2.27 bits per heavy atom. The Hall–Kier alpha value is -5.97. The van der Waals surface area contributed by atoms with Gasteiger partial charge in [0.05, 0.1) is 12.7 Å². The van der Waals surface area contributed by atoms with Gasteiger partial charge in [0.2, 0.25) is 5.91 Å². The summed E-state index contributed by atoms with van der Waals surface area (Å²) in [6, 6.07) is 39.1. The van der Waals surface area contributed by atoms with Gasteiger partial charge in [-0.15, -0.1) is 23.1 Å². The van der Waals surface area contributed by atoms with Gasteiger partial charge in [0.1, 0.15) is 15.9 Å². The monoisotopic (exact) mass is 765 g/mol. The number of carbonyl (C=O) groups excluding carboxylic acids is 4. The van der Waals surface area contributed by atoms with E-state index in [0.29, 0.717) is 21.8 Å². The van der Waals surface area contributed by atoms with Crippen molar-refractivity contribution in [3.63, 3.8) is 0 Å². The fraction of sp³-hybridized carbons (Fsp3) is 0.156. The highest BCUT2D eigenvalue weighted by Gasteiger charge is 2.29. The van der Waals surface area contributed by atoms with Crippen LogP contribution in [-0.2, 0) is 27.2 Å². The molecule has 3 amide bonds. The number of hydrogen-bond donors (Lipinski definition) is 3. The molecule has 276 valence electrons. The number of hydrogen-bond acceptors (Lipinski definition) is 7. The predicted molar refractivity (Wildman–Crippen MR) is 221 cm³/mol. The van der Waals surface area contributed by atoms with Crippen molar-refractivity contribution in [3.05, 3.63) is 166 Å². The molecule has 1 atom stereocenters. The SMILES string of the molecule is COC(=O)c1c(NC(=O)C(Sc2cccc(NC(=O)/C(=C\c3cccc4ccccc34)NC(=O)c3ccccc3)c2)c2ccccc2)sc2c1CCCCC2. The van der Waals surface area contributed by atoms with Crippen LogP contribution in [0, 0.1) is 0 Å². The molecule has 10 heteroatoms. The van der Waals surface area contributed by atoms with Gasteiger partial charge in [0.25, 0.3) is 11.8 Å². The molecule has 1 aliphatic carbocycles. The lowest BCUT2D eigenvalue weighted by molar-refractivity contribution is -0.116. The van der Waals surface area contributed by atoms with E-state index in [0.717, 1.165) is 69.3 Å². The molecule has 1 heterocycles. The van der Waals surface area contributed by atoms with Crippen molar-refractivity contribution in [3.8, 4) is 0 Å². The second-order valence-electron chi connectivity index (χ2n) is 13.1. The van der Waals surface area contributed by atoms with E-state index < -0.39 is 23.0 Å². The molecule has 0 bridgehead atoms. The number of nitrogens with one attached hydrogen (secondary N) is 3. The maximum absolute atomic E-state index is 14.2. The summed E-state index contributed by atoms with van der Waals surface area (Å²) in [4.78, 5) is 56.4. The number of ether oxygens (including phenoxy) is 1. The quantitative estimate of drug-likeness (QED) is 0.0524. The van der Waals surface area contributed by atoms with E-state index in [1.54, 1.807) is 48.5 Å². The number of benzene rings is 5. The van der Waals surface area contributed by atoms with E-state index >= 15 is 0 Å². The molecule has 1 unspecified atom stereocenters. The number of amides is 3. The predicted octanol–water partition coefficient (Wildman–Crippen LogP) is 9.84. The Bertz CT molecular complexity index is 2390. The molecule has 7 rings (SSSR count). The minimum Gasteiger partial charge on any atom is -0.465 e. The second-order valence-corrected chi connectivity index (χ2v) is 15.4. The third-order valence-electron chi connectivity index (χ3n) is 9.39. The van der Waals surface area contributed by atoms with Gasteiger partial charge in [-0.1, -0.05) is 103 Å². The molecule has 55 heavy (non-hydrogen) atoms. The Morgan fingerprint density at radius 2 is 1.47 bits per heavy atom. The molecule has 0 fully saturated rings. The Kier molecular flexibility index (Phi) is 11.8. The van der Waals surface area contributed by atoms with Crippen LogP contribution < -0.4 is 16.0 Å². The topological polar surface area (TPSA) is 114 Å². The summed E-state index contributed by atoms with van der Waals surface area (Å²) in [5.74, 6) is -1.66. The molecule has 1 aromatic heterocycles. The highest BCUT2D eigenvalue weighted by molar-refractivity contribution is 8.00. The fourth-order valence-corrected chi connectivity index (χ4v) is 9.05. The van der Waals surface area contributed by atoms with Crippen LogP contribution in [0.2, 0.25) is 0 Å². The summed E-state index contributed by atoms with van der Waals surface area (Å²) in [5, 5.41) is 10.6. The van der Waals surface area contributed by atoms with Gasteiger partial charge in [-0.05, 0) is 89.6 Å². The first kappa shape index (κ1) is 37.3. The lowest BCUT2D eigenvalue weighted by atomic mass is 10.0. The average Bonchev–Trinajstić information content (AvgIpc) is 3.39. The first-order valence-corrected chi connectivity index (χ1v) is 19.8. The van der Waals surface area contributed by atoms with Gasteiger partial charge in [0.15, 0.2) is 0 Å². The number of anilines is 2. The highest BCUT2D eigenvalue weighted by atomic mass is 32.2. The van der Waals surface area contributed by atoms with Crippen LogP contribution in [-0.4, -0.2) is 30.8 Å². The molecular weight excluding hydrogens is 727 g/mol. The third kappa shape index (κ3) is 8.88. The van der Waals surface area contributed by atoms with Crippen LogP contribution in [0.25, 0.3) is 16.8 Å². The van der Waals surface area contributed by atoms with Gasteiger partial charge in [0, 0.05) is 21.0 Å². The number of thioether (sulfide) groups is 1. The van der Waals surface area contributed by atoms with Crippen LogP contribution >= 0.6 is 23.1 Å². The van der Waals surface area contributed by atoms with E-state index in [9.17, 15) is 19.2 Å². The second kappa shape index (κ2) is 17.4. The normalized spacial score (nSPS) is 13.2. The van der Waals surface area contributed by atoms with Gasteiger partial charge in [-0.3, -0.25) is 14.4 Å². The zero-order valence-corrected chi connectivity index (χ0v) is 31.8. The maximum atomic E-state index is 14.2. The number of carbonyl (C=O) groups is 4. The number of aryl methyl sites for hydroxylation is 1. The van der Waals surface area contributed by atoms with Crippen molar-refractivity contribution >= 4 is 74.3 Å². The zero-order chi connectivity index (χ0) is 38.1. The van der Waals surface area contributed by atoms with Crippen molar-refractivity contribution in [2.75, 3.05) is 17.7 Å². The van der Waals surface area contributed by atoms with Gasteiger partial charge < -0.3 is 20.7 Å². The van der Waals surface area contributed by atoms with E-state index in [-0.39, 0.29) is 11.6 Å². The fourth-order valence-electron chi connectivity index (χ4n) is 6.68. The van der Waals surface area contributed by atoms with Crippen molar-refractivity contribution in [2.24, 2.45) is 0 Å². The number of rotatable bonds is 11. The number of fused-ring (bicyclic) bond motifs is 2. The first-order chi connectivity index (χ1) is 26.9. The molecule has 0 saturated carbocycles. The van der Waals surface area contributed by atoms with E-state index in [1.165, 1.54) is 30.2 Å². The molecule has 1 aliphatic rings. The molecule has 5 aromatic carbocycles. The Balaban J connectivity index is 1.16. The molecule has 8 nitrogen and oxygen atoms in total. The van der Waals surface area contributed by atoms with E-state index in [4.69, 9.17) is 4.74 Å². The molecule has 0 aliphatic heterocycles. The standard InChI is InChI=1S/C45H39N3O5S2/c1-53-45(52)39-36-25-9-4-10-26-38(36)55-44(39)48-43(51)40(30-16-5-2-6-17-30)54-34-23-14-22-33(28-34)46-42(50)37(47-41(49)31-18-7-3-8-19-31)27-32-21-13-20-29-15-11-12-24-35(29)32/h2-3,5-8,11-24,27-28,40H,4,9-10,25-26H2,1H3,(H,46,50)(H,47,49)(H,48,51)/b37-27+. The van der Waals surface area contributed by atoms with Crippen LogP contribution in [0.1, 0.15) is 66.8 Å². The van der Waals surface area contributed by atoms with Crippen molar-refractivity contribution in [1.82, 2.24) is 5.32 Å². The van der Waals surface area contributed by atoms with E-state index in [2.05, 4.69) is 16.0 Å². The van der Waals surface area contributed by atoms with Gasteiger partial charge in [-0.2, -0.15) is 0 Å². The van der Waals surface area contributed by atoms with Crippen molar-refractivity contribution in [2.45, 2.75) is 42.2 Å². The first-order valence-electron chi connectivity index (χ1n) is 18.1. The van der Waals surface area contributed by atoms with Gasteiger partial charge >= 0.3 is 5.97 Å². The summed E-state index contributed by atoms with van der Waals surface area (Å²) in [6.07, 6.45) is 6.44. The maximum Gasteiger partial charge on any atom is 0.341 e. The van der Waals surface area contributed by atoms with E-state index in [1.807, 2.05) is 84.9 Å². The molecule has 0 saturated heterocycles. The summed E-state index contributed by atoms with van der Waals surface area (Å²) in [5.41, 5.74) is 3.95. The van der Waals surface area contributed by atoms with Crippen molar-refractivity contribution < 1.29 is 23.9 Å². The minimum absolute atomic E-state index is 0.0700. The average molecular weight is 766 g/mol. The van der Waals surface area contributed by atoms with Crippen LogP contribution in [0.4, 0.5) is 10.7 Å². The number of methoxy groups -OCH3 is 1. The molecule has 3 N–H and O–H groups in total. The third-order valence-corrected chi connectivity index (χ3v) is 11.8. The molecule has 0 spiro atoms. The van der Waals surface area contributed by atoms with Crippen molar-refractivity contribution in [1.29, 1.82) is 0 Å². The summed E-state index contributed by atoms with van der Waals surface area (Å²) in [6.45, 7) is 0. The Morgan fingerprint density at radius 1 is 0.764 bits per heavy atom. The van der Waals surface area contributed by atoms with Crippen LogP contribution in [0.5, 0.6) is 0 Å². The molecular formula is C45H39N3O5S2. The zero-order valence-electron chi connectivity index (χ0n) is 30.2. The minimum atomic E-state index is -0.688. The molecule has 0 radical (unpaired) electrons. The smallest absolute Gasteiger partial charge is 0.341 e. The highest BCUT2D eigenvalue weighted by Crippen LogP contribution is 2.41. The lowest BCUT2D eigenvalue weighted by Crippen LogP contribution is -2.30. The van der Waals surface area contributed by atoms with Crippen LogP contribution in [0.3, 0.4) is 0 Å². The number of esters is 1. The number of thiophene rings is 1. The van der Waals surface area contributed by atoms with Gasteiger partial charge in [-0.25, -0.2) is 4.79 Å². The lowest BCUT2D eigenvalue weighted by Gasteiger charge is -2.18. The summed E-state index contributed by atoms with van der Waals surface area (Å²) >= 11 is 2.79. The molecule has 6 aromatic rings. The van der Waals surface area contributed by atoms with Crippen LogP contribution in [0.15, 0.2) is 138 Å². The largest absolute Gasteiger partial charge is 0.465 e.